The predicted octanol–water partition coefficient (Wildman–Crippen LogP) is 3.02. The van der Waals surface area contributed by atoms with Crippen molar-refractivity contribution in [3.05, 3.63) is 29.1 Å². The molecule has 0 fully saturated rings. The quantitative estimate of drug-likeness (QED) is 0.593. The molecule has 4 heteroatoms. The van der Waals surface area contributed by atoms with Crippen LogP contribution < -0.4 is 5.34 Å². The van der Waals surface area contributed by atoms with Gasteiger partial charge in [0.1, 0.15) is 5.69 Å². The van der Waals surface area contributed by atoms with Gasteiger partial charge >= 0.3 is 0 Å². The Bertz CT molecular complexity index is 297. The van der Waals surface area contributed by atoms with Crippen LogP contribution in [0.25, 0.3) is 0 Å². The molecule has 0 aromatic heterocycles. The second-order valence-corrected chi connectivity index (χ2v) is 2.59. The van der Waals surface area contributed by atoms with Crippen molar-refractivity contribution < 1.29 is 13.4 Å². The number of benzene rings is 1. The first kappa shape index (κ1) is 8.90. The van der Waals surface area contributed by atoms with E-state index in [1.807, 2.05) is 0 Å². The lowest BCUT2D eigenvalue weighted by Gasteiger charge is -2.08. The normalized spacial score (nSPS) is 10.1. The molecule has 0 unspecified atom stereocenters. The first-order chi connectivity index (χ1) is 5.54. The van der Waals surface area contributed by atoms with E-state index in [0.29, 0.717) is 0 Å². The Kier molecular flexibility index (Phi) is 2.26. The topological polar surface area (TPSA) is 3.24 Å². The van der Waals surface area contributed by atoms with Crippen molar-refractivity contribution in [1.82, 2.24) is 0 Å². The first-order valence-electron chi connectivity index (χ1n) is 3.41. The van der Waals surface area contributed by atoms with Gasteiger partial charge in [-0.05, 0) is 30.3 Å². The van der Waals surface area contributed by atoms with Gasteiger partial charge in [-0.15, -0.1) is 0 Å². The zero-order valence-electron chi connectivity index (χ0n) is 6.74. The Labute approximate surface area is 68.3 Å². The first-order valence-corrected chi connectivity index (χ1v) is 3.41. The van der Waals surface area contributed by atoms with E-state index in [9.17, 15) is 13.4 Å². The van der Waals surface area contributed by atoms with Gasteiger partial charge in [0.15, 0.2) is 5.82 Å². The van der Waals surface area contributed by atoms with E-state index in [4.69, 9.17) is 0 Å². The maximum absolute atomic E-state index is 13.0. The minimum absolute atomic E-state index is 0.218. The highest BCUT2D eigenvalue weighted by Gasteiger charge is 2.15. The Morgan fingerprint density at radius 2 is 1.58 bits per heavy atom. The molecule has 0 saturated heterocycles. The molecule has 0 aliphatic rings. The van der Waals surface area contributed by atoms with E-state index in [0.717, 1.165) is 0 Å². The summed E-state index contributed by atoms with van der Waals surface area (Å²) in [6.07, 6.45) is 0. The number of anilines is 1. The van der Waals surface area contributed by atoms with Crippen LogP contribution in [0.1, 0.15) is 11.1 Å². The van der Waals surface area contributed by atoms with Gasteiger partial charge in [0.25, 0.3) is 0 Å². The number of hydrogen-bond acceptors (Lipinski definition) is 1. The lowest BCUT2D eigenvalue weighted by atomic mass is 10.1. The summed E-state index contributed by atoms with van der Waals surface area (Å²) in [4.78, 5) is 0. The average Bonchev–Trinajstić information content (AvgIpc) is 1.97. The summed E-state index contributed by atoms with van der Waals surface area (Å²) >= 11 is 0. The summed E-state index contributed by atoms with van der Waals surface area (Å²) in [5, 5.41) is -1.20. The molecule has 1 aromatic rings. The number of nitrogens with zero attached hydrogens (tertiary/aromatic N) is 1. The number of halogens is 3. The van der Waals surface area contributed by atoms with E-state index >= 15 is 0 Å². The Balaban J connectivity index is 3.33. The van der Waals surface area contributed by atoms with E-state index in [1.165, 1.54) is 26.0 Å². The lowest BCUT2D eigenvalue weighted by Crippen LogP contribution is -2.03. The van der Waals surface area contributed by atoms with Crippen LogP contribution >= 0.6 is 0 Å². The third-order valence-electron chi connectivity index (χ3n) is 1.68. The molecule has 1 aromatic carbocycles. The summed E-state index contributed by atoms with van der Waals surface area (Å²) in [7, 11) is 0. The monoisotopic (exact) mass is 175 g/mol. The molecule has 0 N–H and O–H groups in total. The van der Waals surface area contributed by atoms with Crippen molar-refractivity contribution in [1.29, 1.82) is 0 Å². The van der Waals surface area contributed by atoms with E-state index in [-0.39, 0.29) is 11.1 Å². The van der Waals surface area contributed by atoms with Crippen molar-refractivity contribution in [2.24, 2.45) is 0 Å². The summed E-state index contributed by atoms with van der Waals surface area (Å²) in [6, 6.07) is 2.93. The molecule has 0 heterocycles. The molecule has 12 heavy (non-hydrogen) atoms. The highest BCUT2D eigenvalue weighted by molar-refractivity contribution is 5.52. The van der Waals surface area contributed by atoms with Crippen LogP contribution in [-0.4, -0.2) is 0 Å². The van der Waals surface area contributed by atoms with Gasteiger partial charge in [0.05, 0.1) is 0 Å². The van der Waals surface area contributed by atoms with Crippen LogP contribution in [0.15, 0.2) is 12.1 Å². The SMILES string of the molecule is Cc1ccc(C)c(N(F)F)c1F. The molecule has 1 nitrogen and oxygen atoms in total. The molecule has 1 rings (SSSR count). The molecular formula is C8H8F3N. The van der Waals surface area contributed by atoms with E-state index in [2.05, 4.69) is 0 Å². The zero-order chi connectivity index (χ0) is 9.30. The second-order valence-electron chi connectivity index (χ2n) is 2.59. The molecule has 0 spiro atoms. The van der Waals surface area contributed by atoms with E-state index in [1.54, 1.807) is 0 Å². The zero-order valence-corrected chi connectivity index (χ0v) is 6.74. The lowest BCUT2D eigenvalue weighted by molar-refractivity contribution is 0.230. The number of hydrogen-bond donors (Lipinski definition) is 0. The van der Waals surface area contributed by atoms with Crippen LogP contribution in [0.5, 0.6) is 0 Å². The molecule has 0 radical (unpaired) electrons. The van der Waals surface area contributed by atoms with Crippen LogP contribution in [-0.2, 0) is 0 Å². The standard InChI is InChI=1S/C8H8F3N/c1-5-3-4-6(2)8(7(5)9)12(10)11/h3-4H,1-2H3. The largest absolute Gasteiger partial charge is 0.204 e. The minimum Gasteiger partial charge on any atom is -0.204 e. The van der Waals surface area contributed by atoms with E-state index < -0.39 is 16.8 Å². The fraction of sp³-hybridized carbons (Fsp3) is 0.250. The van der Waals surface area contributed by atoms with Crippen molar-refractivity contribution in [2.45, 2.75) is 13.8 Å². The fourth-order valence-electron chi connectivity index (χ4n) is 0.969. The third kappa shape index (κ3) is 1.37. The highest BCUT2D eigenvalue weighted by atomic mass is 19.4. The van der Waals surface area contributed by atoms with Crippen molar-refractivity contribution in [3.8, 4) is 0 Å². The molecular weight excluding hydrogens is 167 g/mol. The van der Waals surface area contributed by atoms with Crippen molar-refractivity contribution >= 4 is 5.69 Å². The summed E-state index contributed by atoms with van der Waals surface area (Å²) in [5.74, 6) is -0.861. The Hall–Kier alpha value is -1.19. The molecule has 0 aliphatic carbocycles. The summed E-state index contributed by atoms with van der Waals surface area (Å²) in [5.41, 5.74) is -0.200. The highest BCUT2D eigenvalue weighted by Crippen LogP contribution is 2.26. The number of rotatable bonds is 1. The second kappa shape index (κ2) is 3.05. The van der Waals surface area contributed by atoms with Gasteiger partial charge in [-0.25, -0.2) is 4.39 Å². The molecule has 0 saturated carbocycles. The van der Waals surface area contributed by atoms with Crippen LogP contribution in [0, 0.1) is 19.7 Å². The van der Waals surface area contributed by atoms with Gasteiger partial charge in [-0.1, -0.05) is 21.1 Å². The number of aryl methyl sites for hydroxylation is 2. The smallest absolute Gasteiger partial charge is 0.155 e. The molecule has 0 aliphatic heterocycles. The van der Waals surface area contributed by atoms with Crippen LogP contribution in [0.4, 0.5) is 19.0 Å². The minimum atomic E-state index is -1.20. The predicted molar refractivity (Wildman–Crippen MR) is 40.6 cm³/mol. The Morgan fingerprint density at radius 1 is 1.08 bits per heavy atom. The van der Waals surface area contributed by atoms with Crippen molar-refractivity contribution in [3.63, 3.8) is 0 Å². The third-order valence-corrected chi connectivity index (χ3v) is 1.68. The van der Waals surface area contributed by atoms with Gasteiger partial charge in [-0.3, -0.25) is 0 Å². The molecule has 0 amide bonds. The average molecular weight is 175 g/mol. The molecule has 0 bridgehead atoms. The van der Waals surface area contributed by atoms with Crippen LogP contribution in [0.3, 0.4) is 0 Å². The maximum Gasteiger partial charge on any atom is 0.155 e. The molecule has 66 valence electrons. The Morgan fingerprint density at radius 3 is 2.00 bits per heavy atom. The maximum atomic E-state index is 13.0. The summed E-state index contributed by atoms with van der Waals surface area (Å²) in [6.45, 7) is 2.88. The van der Waals surface area contributed by atoms with Crippen LogP contribution in [0.2, 0.25) is 0 Å². The summed E-state index contributed by atoms with van der Waals surface area (Å²) < 4.78 is 37.1. The van der Waals surface area contributed by atoms with Gasteiger partial charge in [-0.2, -0.15) is 0 Å². The molecule has 0 atom stereocenters. The van der Waals surface area contributed by atoms with Gasteiger partial charge in [0.2, 0.25) is 0 Å². The van der Waals surface area contributed by atoms with Gasteiger partial charge in [0, 0.05) is 0 Å². The van der Waals surface area contributed by atoms with Gasteiger partial charge < -0.3 is 0 Å². The van der Waals surface area contributed by atoms with Crippen molar-refractivity contribution in [2.75, 3.05) is 5.34 Å². The fourth-order valence-corrected chi connectivity index (χ4v) is 0.969.